The van der Waals surface area contributed by atoms with Gasteiger partial charge < -0.3 is 10.1 Å². The summed E-state index contributed by atoms with van der Waals surface area (Å²) >= 11 is 0. The van der Waals surface area contributed by atoms with Gasteiger partial charge in [0.05, 0.1) is 12.6 Å². The standard InChI is InChI=1S/C10H12N5O/c1-2-16-9-6-4-3-5-8(9)7-11-10-12-14-15-13-10/h3-6H,2,7H2,1H3,(H-,11,12,13,14,15)/q-1. The smallest absolute Gasteiger partial charge is 0.122 e. The Hall–Kier alpha value is -2.11. The van der Waals surface area contributed by atoms with Crippen molar-refractivity contribution in [3.05, 3.63) is 35.1 Å². The van der Waals surface area contributed by atoms with E-state index >= 15 is 0 Å². The summed E-state index contributed by atoms with van der Waals surface area (Å²) in [5.74, 6) is 1.20. The number of nitrogens with one attached hydrogen (secondary N) is 1. The zero-order valence-corrected chi connectivity index (χ0v) is 8.92. The molecule has 16 heavy (non-hydrogen) atoms. The fraction of sp³-hybridized carbons (Fsp3) is 0.300. The Balaban J connectivity index is 2.03. The van der Waals surface area contributed by atoms with Crippen LogP contribution in [0.5, 0.6) is 5.75 Å². The van der Waals surface area contributed by atoms with E-state index in [-0.39, 0.29) is 0 Å². The van der Waals surface area contributed by atoms with Crippen LogP contribution >= 0.6 is 0 Å². The van der Waals surface area contributed by atoms with Gasteiger partial charge in [-0.3, -0.25) is 15.4 Å². The number of hydrogen-bond donors (Lipinski definition) is 1. The molecule has 0 bridgehead atoms. The third kappa shape index (κ3) is 2.47. The van der Waals surface area contributed by atoms with Crippen LogP contribution in [0, 0.1) is 0 Å². The third-order valence-electron chi connectivity index (χ3n) is 2.00. The average Bonchev–Trinajstić information content (AvgIpc) is 2.81. The third-order valence-corrected chi connectivity index (χ3v) is 2.00. The molecule has 1 N–H and O–H groups in total. The Labute approximate surface area is 93.0 Å². The van der Waals surface area contributed by atoms with Gasteiger partial charge in [0.2, 0.25) is 0 Å². The second-order valence-corrected chi connectivity index (χ2v) is 3.07. The number of rotatable bonds is 5. The highest BCUT2D eigenvalue weighted by Gasteiger charge is 2.00. The molecule has 6 nitrogen and oxygen atoms in total. The molecule has 1 heterocycles. The van der Waals surface area contributed by atoms with Gasteiger partial charge in [-0.05, 0) is 13.0 Å². The Bertz CT molecular complexity index is 429. The number of aromatic amines is 1. The van der Waals surface area contributed by atoms with Gasteiger partial charge in [0.25, 0.3) is 0 Å². The van der Waals surface area contributed by atoms with E-state index in [4.69, 9.17) is 4.74 Å². The molecule has 0 saturated heterocycles. The fourth-order valence-corrected chi connectivity index (χ4v) is 1.31. The zero-order chi connectivity index (χ0) is 11.2. The molecule has 1 aromatic heterocycles. The Morgan fingerprint density at radius 3 is 3.00 bits per heavy atom. The summed E-state index contributed by atoms with van der Waals surface area (Å²) < 4.78 is 5.48. The second-order valence-electron chi connectivity index (χ2n) is 3.07. The molecule has 0 fully saturated rings. The topological polar surface area (TPSA) is 77.8 Å². The van der Waals surface area contributed by atoms with Gasteiger partial charge in [-0.1, -0.05) is 18.2 Å². The molecule has 0 saturated carbocycles. The molecular weight excluding hydrogens is 206 g/mol. The monoisotopic (exact) mass is 218 g/mol. The lowest BCUT2D eigenvalue weighted by Gasteiger charge is -2.12. The highest BCUT2D eigenvalue weighted by Crippen LogP contribution is 2.22. The van der Waals surface area contributed by atoms with E-state index in [9.17, 15) is 0 Å². The van der Waals surface area contributed by atoms with Crippen LogP contribution in [-0.2, 0) is 6.54 Å². The number of para-hydroxylation sites is 1. The van der Waals surface area contributed by atoms with Gasteiger partial charge in [-0.2, -0.15) is 0 Å². The number of hydrogen-bond acceptors (Lipinski definition) is 4. The van der Waals surface area contributed by atoms with E-state index in [1.165, 1.54) is 0 Å². The van der Waals surface area contributed by atoms with Gasteiger partial charge in [0, 0.05) is 12.1 Å². The Morgan fingerprint density at radius 1 is 1.38 bits per heavy atom. The molecule has 0 spiro atoms. The van der Waals surface area contributed by atoms with Gasteiger partial charge in [0.1, 0.15) is 5.75 Å². The van der Waals surface area contributed by atoms with Crippen LogP contribution in [0.3, 0.4) is 0 Å². The first-order valence-corrected chi connectivity index (χ1v) is 5.02. The molecule has 0 aliphatic heterocycles. The number of tetrazole rings is 1. The lowest BCUT2D eigenvalue weighted by atomic mass is 10.2. The van der Waals surface area contributed by atoms with Crippen molar-refractivity contribution >= 4 is 5.95 Å². The Kier molecular flexibility index (Phi) is 3.32. The van der Waals surface area contributed by atoms with Crippen LogP contribution in [0.15, 0.2) is 24.3 Å². The van der Waals surface area contributed by atoms with Gasteiger partial charge in [-0.25, -0.2) is 0 Å². The van der Waals surface area contributed by atoms with Crippen LogP contribution in [-0.4, -0.2) is 27.2 Å². The maximum Gasteiger partial charge on any atom is 0.122 e. The summed E-state index contributed by atoms with van der Waals surface area (Å²) in [6.45, 7) is 3.07. The van der Waals surface area contributed by atoms with E-state index in [1.54, 1.807) is 0 Å². The molecule has 1 aromatic carbocycles. The first kappa shape index (κ1) is 10.4. The van der Waals surface area contributed by atoms with Crippen molar-refractivity contribution in [1.82, 2.24) is 20.6 Å². The molecule has 0 aliphatic carbocycles. The summed E-state index contributed by atoms with van der Waals surface area (Å²) in [6.07, 6.45) is 0. The summed E-state index contributed by atoms with van der Waals surface area (Å²) in [7, 11) is 0. The second kappa shape index (κ2) is 5.11. The van der Waals surface area contributed by atoms with Crippen molar-refractivity contribution in [2.75, 3.05) is 6.61 Å². The van der Waals surface area contributed by atoms with Gasteiger partial charge in [0.15, 0.2) is 0 Å². The highest BCUT2D eigenvalue weighted by atomic mass is 16.5. The maximum absolute atomic E-state index is 5.48. The van der Waals surface area contributed by atoms with Crippen LogP contribution in [0.4, 0.5) is 5.95 Å². The van der Waals surface area contributed by atoms with Crippen molar-refractivity contribution in [2.24, 2.45) is 0 Å². The highest BCUT2D eigenvalue weighted by molar-refractivity contribution is 5.38. The summed E-state index contributed by atoms with van der Waals surface area (Å²) in [6, 6.07) is 7.77. The maximum atomic E-state index is 5.48. The first-order chi connectivity index (χ1) is 7.90. The Morgan fingerprint density at radius 2 is 2.25 bits per heavy atom. The number of benzene rings is 1. The first-order valence-electron chi connectivity index (χ1n) is 5.02. The van der Waals surface area contributed by atoms with Crippen LogP contribution in [0.1, 0.15) is 12.5 Å². The van der Waals surface area contributed by atoms with Gasteiger partial charge >= 0.3 is 0 Å². The molecule has 6 heteroatoms. The lowest BCUT2D eigenvalue weighted by Crippen LogP contribution is -1.96. The number of ether oxygens (including phenoxy) is 1. The predicted molar refractivity (Wildman–Crippen MR) is 58.5 cm³/mol. The predicted octanol–water partition coefficient (Wildman–Crippen LogP) is 1.80. The molecule has 0 atom stereocenters. The lowest BCUT2D eigenvalue weighted by molar-refractivity contribution is 0.337. The normalized spacial score (nSPS) is 10.1. The average molecular weight is 218 g/mol. The van der Waals surface area contributed by atoms with E-state index in [1.807, 2.05) is 31.2 Å². The molecule has 2 aromatic rings. The van der Waals surface area contributed by atoms with Crippen molar-refractivity contribution in [1.29, 1.82) is 0 Å². The van der Waals surface area contributed by atoms with E-state index < -0.39 is 0 Å². The quantitative estimate of drug-likeness (QED) is 0.830. The molecule has 0 aliphatic rings. The summed E-state index contributed by atoms with van der Waals surface area (Å²) in [5, 5.41) is 17.5. The fourth-order valence-electron chi connectivity index (χ4n) is 1.31. The molecule has 84 valence electrons. The summed E-state index contributed by atoms with van der Waals surface area (Å²) in [4.78, 5) is 0. The molecule has 0 amide bonds. The van der Waals surface area contributed by atoms with Crippen molar-refractivity contribution < 1.29 is 4.74 Å². The van der Waals surface area contributed by atoms with Crippen molar-refractivity contribution in [3.63, 3.8) is 0 Å². The van der Waals surface area contributed by atoms with Crippen LogP contribution in [0.25, 0.3) is 5.32 Å². The molecule has 2 rings (SSSR count). The van der Waals surface area contributed by atoms with E-state index in [0.717, 1.165) is 11.3 Å². The van der Waals surface area contributed by atoms with E-state index in [2.05, 4.69) is 25.9 Å². The van der Waals surface area contributed by atoms with Crippen LogP contribution < -0.4 is 4.74 Å². The van der Waals surface area contributed by atoms with E-state index in [0.29, 0.717) is 19.1 Å². The molecule has 0 radical (unpaired) electrons. The largest absolute Gasteiger partial charge is 0.494 e. The van der Waals surface area contributed by atoms with Crippen LogP contribution in [0.2, 0.25) is 0 Å². The SMILES string of the molecule is CCOc1ccccc1C[N-]c1nn[nH]n1. The van der Waals surface area contributed by atoms with Gasteiger partial charge in [-0.15, -0.1) is 5.21 Å². The zero-order valence-electron chi connectivity index (χ0n) is 8.92. The molecule has 0 unspecified atom stereocenters. The minimum atomic E-state index is 0.353. The number of nitrogens with zero attached hydrogens (tertiary/aromatic N) is 4. The summed E-state index contributed by atoms with van der Waals surface area (Å²) in [5.41, 5.74) is 1.01. The minimum Gasteiger partial charge on any atom is -0.494 e. The van der Waals surface area contributed by atoms with Crippen molar-refractivity contribution in [2.45, 2.75) is 13.5 Å². The minimum absolute atomic E-state index is 0.353. The number of aromatic nitrogens is 4. The van der Waals surface area contributed by atoms with Crippen molar-refractivity contribution in [3.8, 4) is 5.75 Å². The molecular formula is C10H12N5O-. The number of H-pyrrole nitrogens is 1.